The quantitative estimate of drug-likeness (QED) is 0.767. The molecule has 8 heteroatoms. The number of aliphatic hydroxyl groups excluding tert-OH is 1. The number of aromatic nitrogens is 1. The number of hydrogen-bond donors (Lipinski definition) is 1. The summed E-state index contributed by atoms with van der Waals surface area (Å²) in [7, 11) is -1.36. The van der Waals surface area contributed by atoms with E-state index in [1.54, 1.807) is 7.11 Å². The summed E-state index contributed by atoms with van der Waals surface area (Å²) in [6.45, 7) is 4.64. The van der Waals surface area contributed by atoms with E-state index >= 15 is 0 Å². The van der Waals surface area contributed by atoms with Crippen molar-refractivity contribution in [1.29, 1.82) is 0 Å². The Balaban J connectivity index is 1.81. The van der Waals surface area contributed by atoms with Crippen LogP contribution < -0.4 is 4.74 Å². The Labute approximate surface area is 159 Å². The Morgan fingerprint density at radius 3 is 2.74 bits per heavy atom. The SMILES string of the molecule is COc1ccc(-c2nc(CN(CCO)[C@@H]3CCS(=O)(=O)C3)c(C)o2)cc1C. The van der Waals surface area contributed by atoms with Crippen molar-refractivity contribution < 1.29 is 22.7 Å². The average Bonchev–Trinajstić information content (AvgIpc) is 3.17. The van der Waals surface area contributed by atoms with E-state index in [1.807, 2.05) is 36.9 Å². The highest BCUT2D eigenvalue weighted by Crippen LogP contribution is 2.28. The summed E-state index contributed by atoms with van der Waals surface area (Å²) < 4.78 is 34.8. The third-order valence-electron chi connectivity index (χ3n) is 5.00. The highest BCUT2D eigenvalue weighted by Gasteiger charge is 2.32. The molecule has 2 aromatic rings. The van der Waals surface area contributed by atoms with Gasteiger partial charge in [0.05, 0.1) is 30.9 Å². The van der Waals surface area contributed by atoms with Gasteiger partial charge >= 0.3 is 0 Å². The van der Waals surface area contributed by atoms with E-state index in [-0.39, 0.29) is 24.2 Å². The van der Waals surface area contributed by atoms with Crippen LogP contribution in [0.3, 0.4) is 0 Å². The van der Waals surface area contributed by atoms with Crippen molar-refractivity contribution in [2.24, 2.45) is 0 Å². The van der Waals surface area contributed by atoms with E-state index < -0.39 is 9.84 Å². The first-order valence-electron chi connectivity index (χ1n) is 8.99. The van der Waals surface area contributed by atoms with Crippen LogP contribution in [0.1, 0.15) is 23.4 Å². The van der Waals surface area contributed by atoms with Crippen molar-refractivity contribution in [3.63, 3.8) is 0 Å². The van der Waals surface area contributed by atoms with Crippen LogP contribution in [0.5, 0.6) is 5.75 Å². The lowest BCUT2D eigenvalue weighted by molar-refractivity contribution is 0.152. The van der Waals surface area contributed by atoms with Gasteiger partial charge in [-0.2, -0.15) is 0 Å². The number of benzene rings is 1. The minimum atomic E-state index is -2.99. The molecule has 0 bridgehead atoms. The second kappa shape index (κ2) is 8.00. The fourth-order valence-electron chi connectivity index (χ4n) is 3.48. The number of sulfone groups is 1. The van der Waals surface area contributed by atoms with Gasteiger partial charge in [0.2, 0.25) is 5.89 Å². The first-order chi connectivity index (χ1) is 12.8. The Bertz CT molecular complexity index is 907. The Morgan fingerprint density at radius 2 is 2.15 bits per heavy atom. The molecule has 3 rings (SSSR count). The lowest BCUT2D eigenvalue weighted by Crippen LogP contribution is -2.38. The zero-order valence-electron chi connectivity index (χ0n) is 15.9. The van der Waals surface area contributed by atoms with Gasteiger partial charge in [0.15, 0.2) is 9.84 Å². The molecule has 0 spiro atoms. The van der Waals surface area contributed by atoms with Gasteiger partial charge in [0.25, 0.3) is 0 Å². The van der Waals surface area contributed by atoms with Gasteiger partial charge in [0, 0.05) is 24.7 Å². The molecule has 0 aliphatic carbocycles. The maximum Gasteiger partial charge on any atom is 0.226 e. The number of rotatable bonds is 7. The van der Waals surface area contributed by atoms with E-state index in [1.165, 1.54) is 0 Å². The third-order valence-corrected chi connectivity index (χ3v) is 6.75. The van der Waals surface area contributed by atoms with Crippen LogP contribution in [-0.2, 0) is 16.4 Å². The fraction of sp³-hybridized carbons (Fsp3) is 0.526. The van der Waals surface area contributed by atoms with Gasteiger partial charge < -0.3 is 14.3 Å². The smallest absolute Gasteiger partial charge is 0.226 e. The second-order valence-corrected chi connectivity index (χ2v) is 9.19. The van der Waals surface area contributed by atoms with Gasteiger partial charge in [-0.3, -0.25) is 4.90 Å². The first kappa shape index (κ1) is 19.9. The van der Waals surface area contributed by atoms with Crippen LogP contribution in [0.2, 0.25) is 0 Å². The molecule has 1 aromatic heterocycles. The number of aryl methyl sites for hydroxylation is 2. The van der Waals surface area contributed by atoms with Crippen molar-refractivity contribution in [3.8, 4) is 17.2 Å². The highest BCUT2D eigenvalue weighted by atomic mass is 32.2. The molecule has 0 radical (unpaired) electrons. The zero-order chi connectivity index (χ0) is 19.6. The minimum absolute atomic E-state index is 0.0298. The fourth-order valence-corrected chi connectivity index (χ4v) is 5.25. The number of ether oxygens (including phenoxy) is 1. The van der Waals surface area contributed by atoms with Gasteiger partial charge in [-0.15, -0.1) is 0 Å². The van der Waals surface area contributed by atoms with Crippen molar-refractivity contribution in [1.82, 2.24) is 9.88 Å². The molecule has 1 saturated heterocycles. The van der Waals surface area contributed by atoms with Crippen molar-refractivity contribution in [2.75, 3.05) is 31.8 Å². The number of nitrogens with zero attached hydrogens (tertiary/aromatic N) is 2. The van der Waals surface area contributed by atoms with E-state index in [2.05, 4.69) is 4.98 Å². The summed E-state index contributed by atoms with van der Waals surface area (Å²) in [5.41, 5.74) is 2.61. The van der Waals surface area contributed by atoms with Crippen LogP contribution in [-0.4, -0.2) is 61.2 Å². The molecule has 1 aliphatic heterocycles. The van der Waals surface area contributed by atoms with Gasteiger partial charge in [0.1, 0.15) is 11.5 Å². The maximum absolute atomic E-state index is 11.8. The van der Waals surface area contributed by atoms with Gasteiger partial charge in [-0.05, 0) is 44.0 Å². The summed E-state index contributed by atoms with van der Waals surface area (Å²) in [5, 5.41) is 9.39. The molecule has 0 saturated carbocycles. The van der Waals surface area contributed by atoms with Crippen LogP contribution in [0.15, 0.2) is 22.6 Å². The summed E-state index contributed by atoms with van der Waals surface area (Å²) in [6, 6.07) is 5.65. The van der Waals surface area contributed by atoms with E-state index in [0.717, 1.165) is 22.6 Å². The molecule has 27 heavy (non-hydrogen) atoms. The molecule has 1 aliphatic rings. The minimum Gasteiger partial charge on any atom is -0.496 e. The Morgan fingerprint density at radius 1 is 1.37 bits per heavy atom. The predicted octanol–water partition coefficient (Wildman–Crippen LogP) is 1.95. The maximum atomic E-state index is 11.8. The number of oxazole rings is 1. The summed E-state index contributed by atoms with van der Waals surface area (Å²) in [6.07, 6.45) is 0.587. The lowest BCUT2D eigenvalue weighted by Gasteiger charge is -2.26. The van der Waals surface area contributed by atoms with Crippen LogP contribution >= 0.6 is 0 Å². The van der Waals surface area contributed by atoms with Gasteiger partial charge in [-0.25, -0.2) is 13.4 Å². The van der Waals surface area contributed by atoms with E-state index in [9.17, 15) is 13.5 Å². The Hall–Kier alpha value is -1.90. The van der Waals surface area contributed by atoms with Gasteiger partial charge in [-0.1, -0.05) is 0 Å². The summed E-state index contributed by atoms with van der Waals surface area (Å²) in [4.78, 5) is 6.61. The molecular weight excluding hydrogens is 368 g/mol. The molecule has 1 fully saturated rings. The summed E-state index contributed by atoms with van der Waals surface area (Å²) in [5.74, 6) is 2.36. The molecule has 1 N–H and O–H groups in total. The molecule has 7 nitrogen and oxygen atoms in total. The van der Waals surface area contributed by atoms with E-state index in [4.69, 9.17) is 9.15 Å². The molecule has 148 valence electrons. The van der Waals surface area contributed by atoms with Crippen molar-refractivity contribution in [2.45, 2.75) is 32.9 Å². The Kier molecular flexibility index (Phi) is 5.88. The van der Waals surface area contributed by atoms with Crippen LogP contribution in [0.25, 0.3) is 11.5 Å². The molecule has 0 unspecified atom stereocenters. The highest BCUT2D eigenvalue weighted by molar-refractivity contribution is 7.91. The summed E-state index contributed by atoms with van der Waals surface area (Å²) >= 11 is 0. The topological polar surface area (TPSA) is 92.9 Å². The first-order valence-corrected chi connectivity index (χ1v) is 10.8. The molecule has 1 atom stereocenters. The molecule has 2 heterocycles. The van der Waals surface area contributed by atoms with E-state index in [0.29, 0.717) is 31.2 Å². The number of methoxy groups -OCH3 is 1. The second-order valence-electron chi connectivity index (χ2n) is 6.96. The lowest BCUT2D eigenvalue weighted by atomic mass is 10.1. The predicted molar refractivity (Wildman–Crippen MR) is 103 cm³/mol. The van der Waals surface area contributed by atoms with Crippen LogP contribution in [0.4, 0.5) is 0 Å². The molecule has 0 amide bonds. The third kappa shape index (κ3) is 4.51. The largest absolute Gasteiger partial charge is 0.496 e. The monoisotopic (exact) mass is 394 g/mol. The van der Waals surface area contributed by atoms with Crippen molar-refractivity contribution >= 4 is 9.84 Å². The average molecular weight is 394 g/mol. The molecule has 1 aromatic carbocycles. The van der Waals surface area contributed by atoms with Crippen molar-refractivity contribution in [3.05, 3.63) is 35.2 Å². The molecular formula is C19H26N2O5S. The standard InChI is InChI=1S/C19H26N2O5S/c1-13-10-15(4-5-18(13)25-3)19-20-17(14(2)26-19)11-21(7-8-22)16-6-9-27(23,24)12-16/h4-5,10,16,22H,6-9,11-12H2,1-3H3/t16-/m1/s1. The number of hydrogen-bond acceptors (Lipinski definition) is 7. The normalized spacial score (nSPS) is 18.9. The van der Waals surface area contributed by atoms with Crippen LogP contribution in [0, 0.1) is 13.8 Å². The number of aliphatic hydroxyl groups is 1. The zero-order valence-corrected chi connectivity index (χ0v) is 16.8.